The molecule has 2 heterocycles. The maximum absolute atomic E-state index is 6.02. The Hall–Kier alpha value is -0.650. The Labute approximate surface area is 135 Å². The van der Waals surface area contributed by atoms with Crippen molar-refractivity contribution in [1.29, 1.82) is 0 Å². The number of hydrogen-bond acceptors (Lipinski definition) is 4. The van der Waals surface area contributed by atoms with Crippen LogP contribution in [-0.2, 0) is 0 Å². The molecule has 0 amide bonds. The van der Waals surface area contributed by atoms with E-state index in [4.69, 9.17) is 16.6 Å². The summed E-state index contributed by atoms with van der Waals surface area (Å²) in [7, 11) is 0. The van der Waals surface area contributed by atoms with Crippen molar-refractivity contribution in [2.75, 3.05) is 11.9 Å². The van der Waals surface area contributed by atoms with E-state index in [9.17, 15) is 0 Å². The fourth-order valence-corrected chi connectivity index (χ4v) is 3.62. The fraction of sp³-hybridized carbons (Fsp3) is 0.429. The number of hydrogen-bond donors (Lipinski definition) is 1. The van der Waals surface area contributed by atoms with Gasteiger partial charge in [-0.2, -0.15) is 0 Å². The molecule has 2 aromatic rings. The summed E-state index contributed by atoms with van der Waals surface area (Å²) in [6, 6.07) is 3.87. The summed E-state index contributed by atoms with van der Waals surface area (Å²) >= 11 is 11.2. The number of nitrogens with one attached hydrogen (secondary N) is 1. The Morgan fingerprint density at radius 2 is 2.20 bits per heavy atom. The van der Waals surface area contributed by atoms with Crippen LogP contribution >= 0.6 is 38.9 Å². The minimum Gasteiger partial charge on any atom is -0.369 e. The van der Waals surface area contributed by atoms with Crippen molar-refractivity contribution in [2.45, 2.75) is 32.1 Å². The highest BCUT2D eigenvalue weighted by molar-refractivity contribution is 9.10. The lowest BCUT2D eigenvalue weighted by molar-refractivity contribution is 0.941. The molecule has 3 rings (SSSR count). The van der Waals surface area contributed by atoms with Crippen LogP contribution < -0.4 is 5.32 Å². The first-order chi connectivity index (χ1) is 9.69. The molecule has 20 heavy (non-hydrogen) atoms. The van der Waals surface area contributed by atoms with Gasteiger partial charge in [-0.1, -0.05) is 18.5 Å². The quantitative estimate of drug-likeness (QED) is 0.771. The summed E-state index contributed by atoms with van der Waals surface area (Å²) in [5.41, 5.74) is 1.12. The number of anilines is 1. The fourth-order valence-electron chi connectivity index (χ4n) is 2.00. The van der Waals surface area contributed by atoms with Crippen LogP contribution in [0.2, 0.25) is 4.34 Å². The SMILES string of the molecule is CCCNc1nc(-c2ccc(Cl)s2)nc(C2CC2)c1Br. The van der Waals surface area contributed by atoms with Crippen LogP contribution in [-0.4, -0.2) is 16.5 Å². The van der Waals surface area contributed by atoms with Crippen LogP contribution in [0.4, 0.5) is 5.82 Å². The topological polar surface area (TPSA) is 37.8 Å². The van der Waals surface area contributed by atoms with Gasteiger partial charge in [0.05, 0.1) is 19.4 Å². The van der Waals surface area contributed by atoms with E-state index in [0.29, 0.717) is 5.92 Å². The summed E-state index contributed by atoms with van der Waals surface area (Å²) < 4.78 is 1.78. The van der Waals surface area contributed by atoms with Gasteiger partial charge in [-0.25, -0.2) is 9.97 Å². The molecule has 0 saturated heterocycles. The molecular weight excluding hydrogens is 358 g/mol. The Balaban J connectivity index is 2.03. The molecule has 106 valence electrons. The summed E-state index contributed by atoms with van der Waals surface area (Å²) in [5, 5.41) is 3.38. The van der Waals surface area contributed by atoms with E-state index < -0.39 is 0 Å². The van der Waals surface area contributed by atoms with Crippen molar-refractivity contribution in [3.8, 4) is 10.7 Å². The Morgan fingerprint density at radius 1 is 1.40 bits per heavy atom. The highest BCUT2D eigenvalue weighted by Gasteiger charge is 2.29. The van der Waals surface area contributed by atoms with E-state index in [-0.39, 0.29) is 0 Å². The number of nitrogens with zero attached hydrogens (tertiary/aromatic N) is 2. The molecule has 1 N–H and O–H groups in total. The zero-order valence-corrected chi connectivity index (χ0v) is 14.3. The van der Waals surface area contributed by atoms with Crippen LogP contribution in [0.3, 0.4) is 0 Å². The Bertz CT molecular complexity index is 625. The molecule has 6 heteroatoms. The van der Waals surface area contributed by atoms with Crippen molar-refractivity contribution in [3.05, 3.63) is 26.6 Å². The van der Waals surface area contributed by atoms with E-state index in [0.717, 1.165) is 44.0 Å². The second-order valence-corrected chi connectivity index (χ2v) is 7.41. The maximum Gasteiger partial charge on any atom is 0.172 e. The number of rotatable bonds is 5. The second kappa shape index (κ2) is 6.00. The third-order valence-electron chi connectivity index (χ3n) is 3.18. The van der Waals surface area contributed by atoms with E-state index in [1.807, 2.05) is 12.1 Å². The molecule has 0 aromatic carbocycles. The van der Waals surface area contributed by atoms with E-state index in [2.05, 4.69) is 33.2 Å². The first-order valence-electron chi connectivity index (χ1n) is 6.76. The molecule has 1 saturated carbocycles. The van der Waals surface area contributed by atoms with Gasteiger partial charge in [0.25, 0.3) is 0 Å². The standard InChI is InChI=1S/C14H15BrClN3S/c1-2-7-17-14-11(15)12(8-3-4-8)18-13(19-14)9-5-6-10(16)20-9/h5-6,8H,2-4,7H2,1H3,(H,17,18,19). The number of aromatic nitrogens is 2. The molecule has 0 unspecified atom stereocenters. The van der Waals surface area contributed by atoms with Crippen molar-refractivity contribution in [2.24, 2.45) is 0 Å². The minimum atomic E-state index is 0.573. The van der Waals surface area contributed by atoms with Gasteiger partial charge in [-0.05, 0) is 47.3 Å². The minimum absolute atomic E-state index is 0.573. The predicted molar refractivity (Wildman–Crippen MR) is 88.8 cm³/mol. The van der Waals surface area contributed by atoms with Crippen LogP contribution in [0.1, 0.15) is 37.8 Å². The highest BCUT2D eigenvalue weighted by atomic mass is 79.9. The van der Waals surface area contributed by atoms with Gasteiger partial charge in [-0.3, -0.25) is 0 Å². The Kier molecular flexibility index (Phi) is 4.29. The molecule has 0 aliphatic heterocycles. The maximum atomic E-state index is 6.02. The predicted octanol–water partition coefficient (Wildman–Crippen LogP) is 5.32. The summed E-state index contributed by atoms with van der Waals surface area (Å²) in [6.45, 7) is 3.05. The van der Waals surface area contributed by atoms with E-state index in [1.165, 1.54) is 24.2 Å². The monoisotopic (exact) mass is 371 g/mol. The van der Waals surface area contributed by atoms with Gasteiger partial charge in [0.1, 0.15) is 5.82 Å². The Morgan fingerprint density at radius 3 is 2.80 bits per heavy atom. The van der Waals surface area contributed by atoms with Crippen LogP contribution in [0.25, 0.3) is 10.7 Å². The largest absolute Gasteiger partial charge is 0.369 e. The zero-order valence-electron chi connectivity index (χ0n) is 11.1. The molecule has 1 aliphatic rings. The smallest absolute Gasteiger partial charge is 0.172 e. The van der Waals surface area contributed by atoms with Crippen LogP contribution in [0.5, 0.6) is 0 Å². The summed E-state index contributed by atoms with van der Waals surface area (Å²) in [6.07, 6.45) is 3.50. The van der Waals surface area contributed by atoms with Gasteiger partial charge < -0.3 is 5.32 Å². The molecule has 2 aromatic heterocycles. The number of halogens is 2. The van der Waals surface area contributed by atoms with Crippen molar-refractivity contribution >= 4 is 44.7 Å². The molecule has 0 radical (unpaired) electrons. The van der Waals surface area contributed by atoms with Gasteiger partial charge in [0.2, 0.25) is 0 Å². The lowest BCUT2D eigenvalue weighted by Crippen LogP contribution is -2.06. The summed E-state index contributed by atoms with van der Waals surface area (Å²) in [5.74, 6) is 2.23. The molecule has 0 atom stereocenters. The molecular formula is C14H15BrClN3S. The molecule has 0 bridgehead atoms. The average molecular weight is 373 g/mol. The van der Waals surface area contributed by atoms with E-state index >= 15 is 0 Å². The molecule has 1 fully saturated rings. The van der Waals surface area contributed by atoms with Crippen LogP contribution in [0, 0.1) is 0 Å². The third kappa shape index (κ3) is 3.00. The average Bonchev–Trinajstić information content (AvgIpc) is 3.19. The van der Waals surface area contributed by atoms with Crippen molar-refractivity contribution < 1.29 is 0 Å². The highest BCUT2D eigenvalue weighted by Crippen LogP contribution is 2.45. The molecule has 1 aliphatic carbocycles. The van der Waals surface area contributed by atoms with Gasteiger partial charge in [0.15, 0.2) is 5.82 Å². The van der Waals surface area contributed by atoms with Crippen molar-refractivity contribution in [1.82, 2.24) is 9.97 Å². The first-order valence-corrected chi connectivity index (χ1v) is 8.74. The van der Waals surface area contributed by atoms with Gasteiger partial charge >= 0.3 is 0 Å². The third-order valence-corrected chi connectivity index (χ3v) is 5.19. The number of thiophene rings is 1. The summed E-state index contributed by atoms with van der Waals surface area (Å²) in [4.78, 5) is 10.4. The lowest BCUT2D eigenvalue weighted by atomic mass is 10.2. The van der Waals surface area contributed by atoms with Gasteiger partial charge in [-0.15, -0.1) is 11.3 Å². The zero-order chi connectivity index (χ0) is 14.1. The van der Waals surface area contributed by atoms with Crippen LogP contribution in [0.15, 0.2) is 16.6 Å². The van der Waals surface area contributed by atoms with Gasteiger partial charge in [0, 0.05) is 12.5 Å². The second-order valence-electron chi connectivity index (χ2n) is 4.90. The van der Waals surface area contributed by atoms with E-state index in [1.54, 1.807) is 0 Å². The lowest BCUT2D eigenvalue weighted by Gasteiger charge is -2.11. The molecule has 0 spiro atoms. The normalized spacial score (nSPS) is 14.6. The first kappa shape index (κ1) is 14.3. The van der Waals surface area contributed by atoms with Crippen molar-refractivity contribution in [3.63, 3.8) is 0 Å². The molecule has 3 nitrogen and oxygen atoms in total.